The largest absolute Gasteiger partial charge is 0.480 e. The van der Waals surface area contributed by atoms with Gasteiger partial charge >= 0.3 is 5.97 Å². The lowest BCUT2D eigenvalue weighted by Gasteiger charge is -2.30. The first kappa shape index (κ1) is 16.4. The molecular formula is C15H29NO3. The standard InChI is InChI=1S/C15H29NO3/c1-4-9-16-15(3,14(17)18)8-10-19-13-7-5-6-12(2)11-13/h12-13,16H,4-11H2,1-3H3,(H,17,18). The molecular weight excluding hydrogens is 242 g/mol. The van der Waals surface area contributed by atoms with Gasteiger partial charge in [-0.2, -0.15) is 0 Å². The van der Waals surface area contributed by atoms with E-state index < -0.39 is 11.5 Å². The number of carboxylic acids is 1. The molecule has 19 heavy (non-hydrogen) atoms. The van der Waals surface area contributed by atoms with E-state index in [1.165, 1.54) is 12.8 Å². The summed E-state index contributed by atoms with van der Waals surface area (Å²) < 4.78 is 5.88. The Kier molecular flexibility index (Phi) is 6.80. The van der Waals surface area contributed by atoms with Crippen LogP contribution < -0.4 is 5.32 Å². The Morgan fingerprint density at radius 3 is 2.79 bits per heavy atom. The van der Waals surface area contributed by atoms with Gasteiger partial charge in [0.25, 0.3) is 0 Å². The Labute approximate surface area is 116 Å². The van der Waals surface area contributed by atoms with Gasteiger partial charge in [-0.15, -0.1) is 0 Å². The Balaban J connectivity index is 2.33. The summed E-state index contributed by atoms with van der Waals surface area (Å²) in [5.74, 6) is -0.0515. The summed E-state index contributed by atoms with van der Waals surface area (Å²) >= 11 is 0. The van der Waals surface area contributed by atoms with Gasteiger partial charge < -0.3 is 15.2 Å². The van der Waals surface area contributed by atoms with Crippen LogP contribution in [0.5, 0.6) is 0 Å². The van der Waals surface area contributed by atoms with Gasteiger partial charge in [0.2, 0.25) is 0 Å². The van der Waals surface area contributed by atoms with Gasteiger partial charge in [-0.1, -0.05) is 26.7 Å². The Morgan fingerprint density at radius 2 is 2.21 bits per heavy atom. The Morgan fingerprint density at radius 1 is 1.47 bits per heavy atom. The summed E-state index contributed by atoms with van der Waals surface area (Å²) in [6.07, 6.45) is 6.55. The zero-order valence-electron chi connectivity index (χ0n) is 12.6. The van der Waals surface area contributed by atoms with Gasteiger partial charge in [0, 0.05) is 6.61 Å². The summed E-state index contributed by atoms with van der Waals surface area (Å²) in [7, 11) is 0. The van der Waals surface area contributed by atoms with Crippen molar-refractivity contribution >= 4 is 5.97 Å². The molecule has 0 aromatic rings. The third-order valence-corrected chi connectivity index (χ3v) is 4.08. The van der Waals surface area contributed by atoms with E-state index in [-0.39, 0.29) is 0 Å². The summed E-state index contributed by atoms with van der Waals surface area (Å²) in [5, 5.41) is 12.4. The van der Waals surface area contributed by atoms with Crippen LogP contribution >= 0.6 is 0 Å². The number of rotatable bonds is 8. The van der Waals surface area contributed by atoms with Crippen LogP contribution in [-0.2, 0) is 9.53 Å². The number of hydrogen-bond donors (Lipinski definition) is 2. The molecule has 0 saturated heterocycles. The van der Waals surface area contributed by atoms with Crippen LogP contribution in [0.2, 0.25) is 0 Å². The minimum Gasteiger partial charge on any atom is -0.480 e. The second-order valence-electron chi connectivity index (χ2n) is 6.08. The predicted molar refractivity (Wildman–Crippen MR) is 76.3 cm³/mol. The lowest BCUT2D eigenvalue weighted by Crippen LogP contribution is -2.50. The molecule has 1 rings (SSSR count). The summed E-state index contributed by atoms with van der Waals surface area (Å²) in [6, 6.07) is 0. The third kappa shape index (κ3) is 5.49. The molecule has 0 bridgehead atoms. The number of nitrogens with one attached hydrogen (secondary N) is 1. The topological polar surface area (TPSA) is 58.6 Å². The van der Waals surface area contributed by atoms with Gasteiger partial charge in [-0.3, -0.25) is 4.79 Å². The van der Waals surface area contributed by atoms with E-state index in [0.29, 0.717) is 19.1 Å². The molecule has 1 saturated carbocycles. The number of hydrogen-bond acceptors (Lipinski definition) is 3. The van der Waals surface area contributed by atoms with Crippen LogP contribution in [0.4, 0.5) is 0 Å². The molecule has 0 aliphatic heterocycles. The molecule has 0 heterocycles. The normalized spacial score (nSPS) is 26.9. The lowest BCUT2D eigenvalue weighted by atomic mass is 9.88. The van der Waals surface area contributed by atoms with Gasteiger partial charge in [0.05, 0.1) is 6.10 Å². The fraction of sp³-hybridized carbons (Fsp3) is 0.933. The first-order chi connectivity index (χ1) is 8.98. The quantitative estimate of drug-likeness (QED) is 0.712. The van der Waals surface area contributed by atoms with Gasteiger partial charge in [0.15, 0.2) is 0 Å². The predicted octanol–water partition coefficient (Wildman–Crippen LogP) is 2.81. The molecule has 1 aliphatic rings. The van der Waals surface area contributed by atoms with Gasteiger partial charge in [-0.05, 0) is 45.1 Å². The molecule has 112 valence electrons. The molecule has 0 amide bonds. The van der Waals surface area contributed by atoms with Crippen LogP contribution in [0, 0.1) is 5.92 Å². The van der Waals surface area contributed by atoms with Crippen molar-refractivity contribution in [3.63, 3.8) is 0 Å². The molecule has 1 fully saturated rings. The maximum absolute atomic E-state index is 11.3. The second-order valence-corrected chi connectivity index (χ2v) is 6.08. The van der Waals surface area contributed by atoms with Crippen LogP contribution in [0.15, 0.2) is 0 Å². The van der Waals surface area contributed by atoms with Crippen LogP contribution in [0.25, 0.3) is 0 Å². The van der Waals surface area contributed by atoms with E-state index in [2.05, 4.69) is 12.2 Å². The summed E-state index contributed by atoms with van der Waals surface area (Å²) in [4.78, 5) is 11.3. The van der Waals surface area contributed by atoms with Crippen LogP contribution in [-0.4, -0.2) is 35.9 Å². The molecule has 3 atom stereocenters. The molecule has 2 N–H and O–H groups in total. The SMILES string of the molecule is CCCNC(C)(CCOC1CCCC(C)C1)C(=O)O. The molecule has 3 unspecified atom stereocenters. The molecule has 0 radical (unpaired) electrons. The molecule has 1 aliphatic carbocycles. The maximum Gasteiger partial charge on any atom is 0.323 e. The fourth-order valence-electron chi connectivity index (χ4n) is 2.63. The van der Waals surface area contributed by atoms with E-state index in [0.717, 1.165) is 31.7 Å². The van der Waals surface area contributed by atoms with Crippen molar-refractivity contribution in [3.05, 3.63) is 0 Å². The maximum atomic E-state index is 11.3. The zero-order chi connectivity index (χ0) is 14.3. The highest BCUT2D eigenvalue weighted by atomic mass is 16.5. The Hall–Kier alpha value is -0.610. The first-order valence-corrected chi connectivity index (χ1v) is 7.58. The van der Waals surface area contributed by atoms with Crippen molar-refractivity contribution in [2.45, 2.75) is 70.9 Å². The van der Waals surface area contributed by atoms with E-state index >= 15 is 0 Å². The van der Waals surface area contributed by atoms with Crippen molar-refractivity contribution in [1.82, 2.24) is 5.32 Å². The van der Waals surface area contributed by atoms with E-state index in [1.54, 1.807) is 6.92 Å². The number of ether oxygens (including phenoxy) is 1. The zero-order valence-corrected chi connectivity index (χ0v) is 12.6. The monoisotopic (exact) mass is 271 g/mol. The molecule has 0 aromatic carbocycles. The first-order valence-electron chi connectivity index (χ1n) is 7.58. The number of aliphatic carboxylic acids is 1. The molecule has 4 heteroatoms. The fourth-order valence-corrected chi connectivity index (χ4v) is 2.63. The second kappa shape index (κ2) is 7.85. The molecule has 0 aromatic heterocycles. The van der Waals surface area contributed by atoms with Crippen molar-refractivity contribution in [3.8, 4) is 0 Å². The van der Waals surface area contributed by atoms with Gasteiger partial charge in [0.1, 0.15) is 5.54 Å². The summed E-state index contributed by atoms with van der Waals surface area (Å²) in [5.41, 5.74) is -0.865. The van der Waals surface area contributed by atoms with E-state index in [1.807, 2.05) is 6.92 Å². The number of carboxylic acid groups (broad SMARTS) is 1. The Bertz CT molecular complexity index is 283. The highest BCUT2D eigenvalue weighted by Gasteiger charge is 2.32. The smallest absolute Gasteiger partial charge is 0.323 e. The molecule has 4 nitrogen and oxygen atoms in total. The van der Waals surface area contributed by atoms with Crippen LogP contribution in [0.3, 0.4) is 0 Å². The van der Waals surface area contributed by atoms with Gasteiger partial charge in [-0.25, -0.2) is 0 Å². The van der Waals surface area contributed by atoms with Crippen molar-refractivity contribution in [1.29, 1.82) is 0 Å². The highest BCUT2D eigenvalue weighted by Crippen LogP contribution is 2.26. The van der Waals surface area contributed by atoms with Crippen molar-refractivity contribution < 1.29 is 14.6 Å². The third-order valence-electron chi connectivity index (χ3n) is 4.08. The summed E-state index contributed by atoms with van der Waals surface area (Å²) in [6.45, 7) is 7.30. The minimum atomic E-state index is -0.865. The average Bonchev–Trinajstić information content (AvgIpc) is 2.36. The lowest BCUT2D eigenvalue weighted by molar-refractivity contribution is -0.145. The van der Waals surface area contributed by atoms with Crippen LogP contribution in [0.1, 0.15) is 59.3 Å². The molecule has 0 spiro atoms. The van der Waals surface area contributed by atoms with Crippen molar-refractivity contribution in [2.75, 3.05) is 13.2 Å². The average molecular weight is 271 g/mol. The number of carbonyl (C=O) groups is 1. The van der Waals surface area contributed by atoms with Crippen molar-refractivity contribution in [2.24, 2.45) is 5.92 Å². The minimum absolute atomic E-state index is 0.327. The van der Waals surface area contributed by atoms with E-state index in [9.17, 15) is 9.90 Å². The van der Waals surface area contributed by atoms with E-state index in [4.69, 9.17) is 4.74 Å². The highest BCUT2D eigenvalue weighted by molar-refractivity contribution is 5.78.